The van der Waals surface area contributed by atoms with E-state index in [1.807, 2.05) is 18.1 Å². The van der Waals surface area contributed by atoms with Gasteiger partial charge in [-0.2, -0.15) is 13.2 Å². The van der Waals surface area contributed by atoms with Crippen LogP contribution in [-0.2, 0) is 12.7 Å². The first kappa shape index (κ1) is 28.0. The van der Waals surface area contributed by atoms with Crippen LogP contribution in [0.3, 0.4) is 0 Å². The summed E-state index contributed by atoms with van der Waals surface area (Å²) in [5.74, 6) is 0.323. The Kier molecular flexibility index (Phi) is 6.85. The molecule has 1 aliphatic carbocycles. The standard InChI is InChI=1S/C29H29F3N10O2/c1-40-8-10-41(11-9-40)13-16-2-3-17(12-21(16)29(30,31)32)36-28(43)37-22-7-6-19(24-25(22)39-44-38-24)20-14-42(18-4-5-18)27-23(20)26(33)34-15-35-27/h2-3,6-7,12,14-15,18H,4-5,8-11,13H2,1H3,(H2,33,34,35)(H2,36,37,43). The van der Waals surface area contributed by atoms with Crippen molar-refractivity contribution in [1.29, 1.82) is 0 Å². The average Bonchev–Trinajstić information content (AvgIpc) is 3.56. The predicted octanol–water partition coefficient (Wildman–Crippen LogP) is 4.96. The maximum atomic E-state index is 14.0. The minimum atomic E-state index is -4.58. The Bertz CT molecular complexity index is 1870. The summed E-state index contributed by atoms with van der Waals surface area (Å²) in [6.45, 7) is 3.13. The molecule has 15 heteroatoms. The molecule has 2 aliphatic rings. The highest BCUT2D eigenvalue weighted by molar-refractivity contribution is 6.10. The molecule has 1 aliphatic heterocycles. The molecule has 2 aromatic carbocycles. The lowest BCUT2D eigenvalue weighted by molar-refractivity contribution is -0.138. The number of hydrogen-bond donors (Lipinski definition) is 3. The number of urea groups is 1. The Hall–Kier alpha value is -4.76. The van der Waals surface area contributed by atoms with Crippen molar-refractivity contribution < 1.29 is 22.6 Å². The second kappa shape index (κ2) is 10.7. The maximum absolute atomic E-state index is 14.0. The largest absolute Gasteiger partial charge is 0.416 e. The van der Waals surface area contributed by atoms with Crippen molar-refractivity contribution in [2.24, 2.45) is 0 Å². The Morgan fingerprint density at radius 2 is 1.80 bits per heavy atom. The minimum Gasteiger partial charge on any atom is -0.383 e. The van der Waals surface area contributed by atoms with Gasteiger partial charge in [0.2, 0.25) is 0 Å². The summed E-state index contributed by atoms with van der Waals surface area (Å²) < 4.78 is 49.2. The number of alkyl halides is 3. The average molecular weight is 607 g/mol. The number of benzene rings is 2. The number of piperazine rings is 1. The molecule has 2 amide bonds. The van der Waals surface area contributed by atoms with Crippen LogP contribution in [-0.4, -0.2) is 73.9 Å². The van der Waals surface area contributed by atoms with Gasteiger partial charge in [-0.3, -0.25) is 4.90 Å². The van der Waals surface area contributed by atoms with Gasteiger partial charge in [0.15, 0.2) is 5.52 Å². The molecule has 228 valence electrons. The van der Waals surface area contributed by atoms with Crippen molar-refractivity contribution in [3.63, 3.8) is 0 Å². The molecule has 7 rings (SSSR count). The molecule has 2 fully saturated rings. The van der Waals surface area contributed by atoms with E-state index < -0.39 is 17.8 Å². The van der Waals surface area contributed by atoms with Crippen LogP contribution in [0.4, 0.5) is 35.2 Å². The summed E-state index contributed by atoms with van der Waals surface area (Å²) in [4.78, 5) is 25.7. The van der Waals surface area contributed by atoms with Gasteiger partial charge in [-0.15, -0.1) is 0 Å². The maximum Gasteiger partial charge on any atom is 0.416 e. The number of fused-ring (bicyclic) bond motifs is 2. The molecule has 4 N–H and O–H groups in total. The van der Waals surface area contributed by atoms with Gasteiger partial charge in [-0.1, -0.05) is 6.07 Å². The first-order valence-corrected chi connectivity index (χ1v) is 14.2. The number of nitrogens with zero attached hydrogens (tertiary/aromatic N) is 7. The fourth-order valence-corrected chi connectivity index (χ4v) is 5.72. The molecule has 0 bridgehead atoms. The second-order valence-corrected chi connectivity index (χ2v) is 11.3. The summed E-state index contributed by atoms with van der Waals surface area (Å²) in [6.07, 6.45) is 0.882. The fraction of sp³-hybridized carbons (Fsp3) is 0.345. The van der Waals surface area contributed by atoms with Gasteiger partial charge >= 0.3 is 12.2 Å². The van der Waals surface area contributed by atoms with Crippen molar-refractivity contribution in [3.8, 4) is 11.1 Å². The lowest BCUT2D eigenvalue weighted by atomic mass is 10.0. The summed E-state index contributed by atoms with van der Waals surface area (Å²) in [6, 6.07) is 6.80. The van der Waals surface area contributed by atoms with Crippen molar-refractivity contribution in [1.82, 2.24) is 34.6 Å². The first-order chi connectivity index (χ1) is 21.2. The van der Waals surface area contributed by atoms with Crippen LogP contribution in [0.5, 0.6) is 0 Å². The molecular weight excluding hydrogens is 577 g/mol. The molecule has 12 nitrogen and oxygen atoms in total. The zero-order chi connectivity index (χ0) is 30.6. The number of carbonyl (C=O) groups is 1. The monoisotopic (exact) mass is 606 g/mol. The third-order valence-electron chi connectivity index (χ3n) is 8.20. The van der Waals surface area contributed by atoms with Gasteiger partial charge in [-0.05, 0) is 60.0 Å². The number of anilines is 3. The summed E-state index contributed by atoms with van der Waals surface area (Å²) >= 11 is 0. The van der Waals surface area contributed by atoms with E-state index in [0.717, 1.165) is 37.6 Å². The van der Waals surface area contributed by atoms with Crippen LogP contribution in [0, 0.1) is 0 Å². The van der Waals surface area contributed by atoms with Crippen molar-refractivity contribution in [3.05, 3.63) is 54.0 Å². The Morgan fingerprint density at radius 1 is 1.02 bits per heavy atom. The SMILES string of the molecule is CN1CCN(Cc2ccc(NC(=O)Nc3ccc(-c4cn(C5CC5)c5ncnc(N)c45)c4nonc34)cc2C(F)(F)F)CC1. The van der Waals surface area contributed by atoms with Crippen LogP contribution in [0.25, 0.3) is 33.2 Å². The topological polar surface area (TPSA) is 143 Å². The fourth-order valence-electron chi connectivity index (χ4n) is 5.72. The van der Waals surface area contributed by atoms with Crippen LogP contribution >= 0.6 is 0 Å². The Balaban J connectivity index is 1.13. The molecule has 0 spiro atoms. The van der Waals surface area contributed by atoms with Crippen LogP contribution < -0.4 is 16.4 Å². The van der Waals surface area contributed by atoms with E-state index >= 15 is 0 Å². The number of rotatable bonds is 6. The van der Waals surface area contributed by atoms with Crippen LogP contribution in [0.2, 0.25) is 0 Å². The highest BCUT2D eigenvalue weighted by Gasteiger charge is 2.34. The molecule has 44 heavy (non-hydrogen) atoms. The predicted molar refractivity (Wildman–Crippen MR) is 158 cm³/mol. The van der Waals surface area contributed by atoms with Gasteiger partial charge < -0.3 is 25.8 Å². The highest BCUT2D eigenvalue weighted by atomic mass is 19.4. The van der Waals surface area contributed by atoms with E-state index in [1.165, 1.54) is 18.5 Å². The summed E-state index contributed by atoms with van der Waals surface area (Å²) in [7, 11) is 1.99. The minimum absolute atomic E-state index is 0.00598. The van der Waals surface area contributed by atoms with E-state index in [4.69, 9.17) is 10.4 Å². The first-order valence-electron chi connectivity index (χ1n) is 14.2. The molecule has 0 unspecified atom stereocenters. The van der Waals surface area contributed by atoms with Crippen LogP contribution in [0.1, 0.15) is 30.0 Å². The van der Waals surface area contributed by atoms with Gasteiger partial charge in [0.1, 0.15) is 23.3 Å². The smallest absolute Gasteiger partial charge is 0.383 e. The lowest BCUT2D eigenvalue weighted by Crippen LogP contribution is -2.44. The summed E-state index contributed by atoms with van der Waals surface area (Å²) in [5, 5.41) is 13.9. The normalized spacial score (nSPS) is 16.5. The number of likely N-dealkylation sites (N-methyl/N-ethyl adjacent to an activating group) is 1. The molecule has 3 aromatic heterocycles. The molecule has 0 radical (unpaired) electrons. The van der Waals surface area contributed by atoms with Gasteiger partial charge in [0, 0.05) is 61.8 Å². The third-order valence-corrected chi connectivity index (χ3v) is 8.20. The quantitative estimate of drug-likeness (QED) is 0.244. The lowest BCUT2D eigenvalue weighted by Gasteiger charge is -2.33. The van der Waals surface area contributed by atoms with Crippen molar-refractivity contribution in [2.45, 2.75) is 31.6 Å². The molecular formula is C29H29F3N10O2. The van der Waals surface area contributed by atoms with Gasteiger partial charge in [0.25, 0.3) is 0 Å². The van der Waals surface area contributed by atoms with E-state index in [0.29, 0.717) is 47.1 Å². The molecule has 0 atom stereocenters. The number of carbonyl (C=O) groups excluding carboxylic acids is 1. The molecule has 1 saturated heterocycles. The summed E-state index contributed by atoms with van der Waals surface area (Å²) in [5.41, 5.74) is 8.65. The highest BCUT2D eigenvalue weighted by Crippen LogP contribution is 2.43. The third kappa shape index (κ3) is 5.28. The molecule has 5 aromatic rings. The Morgan fingerprint density at radius 3 is 2.55 bits per heavy atom. The van der Waals surface area contributed by atoms with E-state index in [-0.39, 0.29) is 29.0 Å². The van der Waals surface area contributed by atoms with Gasteiger partial charge in [0.05, 0.1) is 16.6 Å². The second-order valence-electron chi connectivity index (χ2n) is 11.3. The zero-order valence-electron chi connectivity index (χ0n) is 23.7. The van der Waals surface area contributed by atoms with Gasteiger partial charge in [-0.25, -0.2) is 19.4 Å². The zero-order valence-corrected chi connectivity index (χ0v) is 23.7. The number of nitrogens with one attached hydrogen (secondary N) is 2. The number of nitrogen functional groups attached to an aromatic ring is 1. The molecule has 1 saturated carbocycles. The van der Waals surface area contributed by atoms with E-state index in [1.54, 1.807) is 12.1 Å². The number of halogens is 3. The number of nitrogens with two attached hydrogens (primary N) is 1. The van der Waals surface area contributed by atoms with Crippen molar-refractivity contribution >= 4 is 45.3 Å². The van der Waals surface area contributed by atoms with Crippen LogP contribution in [0.15, 0.2) is 47.5 Å². The molecule has 4 heterocycles. The van der Waals surface area contributed by atoms with Crippen molar-refractivity contribution in [2.75, 3.05) is 49.6 Å². The number of amides is 2. The number of aromatic nitrogens is 5. The van der Waals surface area contributed by atoms with E-state index in [9.17, 15) is 18.0 Å². The number of hydrogen-bond acceptors (Lipinski definition) is 9. The Labute approximate surface area is 249 Å². The van der Waals surface area contributed by atoms with E-state index in [2.05, 4.69) is 40.4 Å².